The number of aliphatic carboxylic acids is 1. The van der Waals surface area contributed by atoms with Crippen LogP contribution < -0.4 is 33.5 Å². The number of esters is 1. The molecular weight excluding hydrogens is 664 g/mol. The number of hydrogen-bond donors (Lipinski definition) is 10. The number of anilines is 2. The van der Waals surface area contributed by atoms with Crippen LogP contribution in [0, 0.1) is 0 Å². The van der Waals surface area contributed by atoms with Crippen molar-refractivity contribution in [2.75, 3.05) is 23.8 Å². The molecule has 0 aromatic carbocycles. The highest BCUT2D eigenvalue weighted by Gasteiger charge is 2.45. The number of nitrogens with zero attached hydrogens (tertiary/aromatic N) is 4. The van der Waals surface area contributed by atoms with Gasteiger partial charge in [0.05, 0.1) is 19.4 Å². The number of aromatic nitrogens is 4. The molecule has 0 aliphatic carbocycles. The summed E-state index contributed by atoms with van der Waals surface area (Å²) in [5.41, 5.74) is 9.03. The Hall–Kier alpha value is -4.72. The molecule has 0 spiro atoms. The van der Waals surface area contributed by atoms with Gasteiger partial charge in [0.25, 0.3) is 0 Å². The van der Waals surface area contributed by atoms with Crippen LogP contribution in [0.2, 0.25) is 0 Å². The van der Waals surface area contributed by atoms with Gasteiger partial charge < -0.3 is 67.0 Å². The highest BCUT2D eigenvalue weighted by atomic mass is 16.6. The van der Waals surface area contributed by atoms with Crippen LogP contribution in [-0.4, -0.2) is 135 Å². The van der Waals surface area contributed by atoms with Crippen molar-refractivity contribution in [1.82, 2.24) is 19.1 Å². The molecule has 23 nitrogen and oxygen atoms in total. The monoisotopic (exact) mass is 698 g/mol. The molecule has 4 heterocycles. The van der Waals surface area contributed by atoms with Crippen molar-refractivity contribution in [3.8, 4) is 0 Å². The van der Waals surface area contributed by atoms with Crippen molar-refractivity contribution in [2.45, 2.75) is 74.0 Å². The molecule has 10 atom stereocenters. The van der Waals surface area contributed by atoms with E-state index in [0.29, 0.717) is 0 Å². The molecule has 2 saturated heterocycles. The summed E-state index contributed by atoms with van der Waals surface area (Å²) in [6, 6.07) is -0.719. The number of hydrogen-bond acceptors (Lipinski definition) is 18. The summed E-state index contributed by atoms with van der Waals surface area (Å²) in [6.45, 7) is -1.28. The van der Waals surface area contributed by atoms with E-state index in [2.05, 4.69) is 20.6 Å². The van der Waals surface area contributed by atoms with E-state index in [1.807, 2.05) is 0 Å². The Kier molecular flexibility index (Phi) is 11.9. The van der Waals surface area contributed by atoms with Crippen LogP contribution in [0.3, 0.4) is 0 Å². The lowest BCUT2D eigenvalue weighted by Gasteiger charge is -2.18. The quantitative estimate of drug-likeness (QED) is 0.0869. The number of aliphatic hydroxyl groups excluding tert-OH is 5. The minimum atomic E-state index is -1.70. The molecule has 4 unspecified atom stereocenters. The van der Waals surface area contributed by atoms with Crippen LogP contribution in [0.1, 0.15) is 25.3 Å². The smallest absolute Gasteiger partial charge is 0.351 e. The van der Waals surface area contributed by atoms with E-state index in [1.54, 1.807) is 0 Å². The third-order valence-corrected chi connectivity index (χ3v) is 7.42. The van der Waals surface area contributed by atoms with E-state index in [1.165, 1.54) is 6.07 Å². The molecule has 49 heavy (non-hydrogen) atoms. The second-order valence-electron chi connectivity index (χ2n) is 11.0. The standard InChI is InChI=1S/C26H34N8O15/c27-9(23(42)43)5-15(36)29-13-2-4-34(26(46)31-13)22-20(41)18(39)12(49-22)8-47-24(44)10(28)6-16(37)30-14-1-3-33(25(45)32-14)21-19(40)17(38)11(7-35)48-21/h1-4,9-12,17-22,35,38-41H,5-8,27-28H2,(H,42,43)(H,29,31,36,46)(H,30,32,37,45)/t9-,10-,11+,12+,17?,18?,19?,20?,21+,22+/m0/s1. The van der Waals surface area contributed by atoms with Crippen LogP contribution >= 0.6 is 0 Å². The summed E-state index contributed by atoms with van der Waals surface area (Å²) in [5.74, 6) is -4.71. The largest absolute Gasteiger partial charge is 0.480 e. The zero-order valence-electron chi connectivity index (χ0n) is 25.2. The van der Waals surface area contributed by atoms with Gasteiger partial charge in [-0.05, 0) is 12.1 Å². The maximum atomic E-state index is 12.5. The molecule has 0 bridgehead atoms. The Morgan fingerprint density at radius 1 is 0.796 bits per heavy atom. The third-order valence-electron chi connectivity index (χ3n) is 7.42. The van der Waals surface area contributed by atoms with Gasteiger partial charge in [0.15, 0.2) is 12.5 Å². The molecule has 0 radical (unpaired) electrons. The fraction of sp³-hybridized carbons (Fsp3) is 0.538. The molecule has 2 aromatic rings. The maximum Gasteiger partial charge on any atom is 0.351 e. The number of carboxylic acid groups (broad SMARTS) is 1. The zero-order valence-corrected chi connectivity index (χ0v) is 25.2. The highest BCUT2D eigenvalue weighted by Crippen LogP contribution is 2.29. The number of carbonyl (C=O) groups is 4. The van der Waals surface area contributed by atoms with Crippen LogP contribution in [0.15, 0.2) is 34.1 Å². The van der Waals surface area contributed by atoms with Crippen LogP contribution in [0.25, 0.3) is 0 Å². The van der Waals surface area contributed by atoms with E-state index in [0.717, 1.165) is 27.6 Å². The SMILES string of the molecule is N[C@@H](CC(=O)Nc1ccn([C@@H]2O[C@H](COC(=O)[C@@H](N)CC(=O)Nc3ccn([C@@H]4O[C@H](CO)C(O)C4O)c(=O)n3)C(O)C2O)c(=O)n1)C(=O)O. The van der Waals surface area contributed by atoms with Crippen LogP contribution in [0.5, 0.6) is 0 Å². The second kappa shape index (κ2) is 15.7. The van der Waals surface area contributed by atoms with E-state index in [9.17, 15) is 54.3 Å². The maximum absolute atomic E-state index is 12.5. The van der Waals surface area contributed by atoms with Crippen molar-refractivity contribution in [3.05, 3.63) is 45.5 Å². The number of amides is 2. The summed E-state index contributed by atoms with van der Waals surface area (Å²) < 4.78 is 17.4. The fourth-order valence-electron chi connectivity index (χ4n) is 4.79. The first-order valence-electron chi connectivity index (χ1n) is 14.4. The average Bonchev–Trinajstić information content (AvgIpc) is 3.48. The topological polar surface area (TPSA) is 363 Å². The zero-order chi connectivity index (χ0) is 36.2. The molecule has 2 fully saturated rings. The Morgan fingerprint density at radius 2 is 1.24 bits per heavy atom. The number of carbonyl (C=O) groups excluding carboxylic acids is 3. The first-order valence-corrected chi connectivity index (χ1v) is 14.4. The Morgan fingerprint density at radius 3 is 1.67 bits per heavy atom. The Labute approximate surface area is 273 Å². The molecular formula is C26H34N8O15. The van der Waals surface area contributed by atoms with Gasteiger partial charge in [-0.2, -0.15) is 9.97 Å². The van der Waals surface area contributed by atoms with E-state index >= 15 is 0 Å². The minimum Gasteiger partial charge on any atom is -0.480 e. The van der Waals surface area contributed by atoms with Gasteiger partial charge >= 0.3 is 23.3 Å². The fourth-order valence-corrected chi connectivity index (χ4v) is 4.79. The Bertz CT molecular complexity index is 1670. The first-order chi connectivity index (χ1) is 23.1. The van der Waals surface area contributed by atoms with Crippen molar-refractivity contribution in [2.24, 2.45) is 11.5 Å². The molecule has 23 heteroatoms. The van der Waals surface area contributed by atoms with Gasteiger partial charge in [0.1, 0.15) is 67.0 Å². The lowest BCUT2D eigenvalue weighted by atomic mass is 10.1. The average molecular weight is 699 g/mol. The summed E-state index contributed by atoms with van der Waals surface area (Å²) in [6.07, 6.45) is -10.8. The molecule has 4 rings (SSSR count). The lowest BCUT2D eigenvalue weighted by Crippen LogP contribution is -2.40. The molecule has 0 saturated carbocycles. The van der Waals surface area contributed by atoms with Crippen LogP contribution in [0.4, 0.5) is 11.6 Å². The highest BCUT2D eigenvalue weighted by molar-refractivity contribution is 5.94. The number of nitrogens with one attached hydrogen (secondary N) is 2. The summed E-state index contributed by atoms with van der Waals surface area (Å²) >= 11 is 0. The molecule has 2 aliphatic heterocycles. The first kappa shape index (κ1) is 37.1. The van der Waals surface area contributed by atoms with E-state index in [4.69, 9.17) is 30.8 Å². The van der Waals surface area contributed by atoms with E-state index in [-0.39, 0.29) is 11.6 Å². The number of nitrogens with two attached hydrogens (primary N) is 2. The summed E-state index contributed by atoms with van der Waals surface area (Å²) in [4.78, 5) is 79.8. The number of carboxylic acids is 1. The van der Waals surface area contributed by atoms with Gasteiger partial charge in [0, 0.05) is 12.4 Å². The lowest BCUT2D eigenvalue weighted by molar-refractivity contribution is -0.152. The summed E-state index contributed by atoms with van der Waals surface area (Å²) in [7, 11) is 0. The van der Waals surface area contributed by atoms with Gasteiger partial charge in [-0.1, -0.05) is 0 Å². The number of rotatable bonds is 13. The molecule has 268 valence electrons. The summed E-state index contributed by atoms with van der Waals surface area (Å²) in [5, 5.41) is 63.3. The number of ether oxygens (including phenoxy) is 3. The normalized spacial score (nSPS) is 27.7. The predicted molar refractivity (Wildman–Crippen MR) is 157 cm³/mol. The molecule has 12 N–H and O–H groups in total. The van der Waals surface area contributed by atoms with E-state index < -0.39 is 122 Å². The second-order valence-corrected chi connectivity index (χ2v) is 11.0. The molecule has 2 amide bonds. The minimum absolute atomic E-state index is 0.247. The van der Waals surface area contributed by atoms with Gasteiger partial charge in [-0.25, -0.2) is 9.59 Å². The van der Waals surface area contributed by atoms with Gasteiger partial charge in [0.2, 0.25) is 11.8 Å². The van der Waals surface area contributed by atoms with Crippen molar-refractivity contribution >= 4 is 35.4 Å². The molecule has 2 aliphatic rings. The van der Waals surface area contributed by atoms with Crippen molar-refractivity contribution < 1.29 is 64.0 Å². The van der Waals surface area contributed by atoms with Gasteiger partial charge in [-0.3, -0.25) is 28.3 Å². The number of aliphatic hydroxyl groups is 5. The van der Waals surface area contributed by atoms with Crippen LogP contribution in [-0.2, 0) is 33.4 Å². The van der Waals surface area contributed by atoms with Crippen molar-refractivity contribution in [3.63, 3.8) is 0 Å². The Balaban J connectivity index is 1.27. The molecule has 2 aromatic heterocycles. The van der Waals surface area contributed by atoms with Gasteiger partial charge in [-0.15, -0.1) is 0 Å². The van der Waals surface area contributed by atoms with Crippen molar-refractivity contribution in [1.29, 1.82) is 0 Å². The third kappa shape index (κ3) is 8.66. The predicted octanol–water partition coefficient (Wildman–Crippen LogP) is -6.33.